The first kappa shape index (κ1) is 13.8. The zero-order valence-corrected chi connectivity index (χ0v) is 12.0. The minimum Gasteiger partial charge on any atom is -0.338 e. The van der Waals surface area contributed by atoms with Gasteiger partial charge in [0.15, 0.2) is 0 Å². The van der Waals surface area contributed by atoms with Crippen LogP contribution in [0.1, 0.15) is 44.9 Å². The fourth-order valence-electron chi connectivity index (χ4n) is 2.68. The van der Waals surface area contributed by atoms with Gasteiger partial charge in [0.25, 0.3) is 0 Å². The van der Waals surface area contributed by atoms with Crippen LogP contribution in [0.4, 0.5) is 0 Å². The van der Waals surface area contributed by atoms with Crippen LogP contribution in [0.5, 0.6) is 0 Å². The fourth-order valence-corrected chi connectivity index (χ4v) is 2.68. The Balaban J connectivity index is 2.07. The summed E-state index contributed by atoms with van der Waals surface area (Å²) in [5.74, 6) is 1.45. The van der Waals surface area contributed by atoms with Crippen LogP contribution in [0.15, 0.2) is 18.0 Å². The van der Waals surface area contributed by atoms with Gasteiger partial charge in [0, 0.05) is 31.6 Å². The van der Waals surface area contributed by atoms with Crippen LogP contribution in [0.3, 0.4) is 0 Å². The molecule has 1 aliphatic heterocycles. The molecule has 0 unspecified atom stereocenters. The van der Waals surface area contributed by atoms with E-state index in [0.29, 0.717) is 5.92 Å². The van der Waals surface area contributed by atoms with E-state index in [9.17, 15) is 4.79 Å². The second-order valence-corrected chi connectivity index (χ2v) is 5.19. The summed E-state index contributed by atoms with van der Waals surface area (Å²) >= 11 is 0. The Labute approximate surface area is 114 Å². The molecule has 1 saturated heterocycles. The Bertz CT molecular complexity index is 478. The predicted octanol–water partition coefficient (Wildman–Crippen LogP) is 1.88. The highest BCUT2D eigenvalue weighted by atomic mass is 16.2. The minimum absolute atomic E-state index is 0.161. The van der Waals surface area contributed by atoms with Gasteiger partial charge in [-0.3, -0.25) is 4.79 Å². The highest BCUT2D eigenvalue weighted by molar-refractivity contribution is 5.92. The Morgan fingerprint density at radius 3 is 3.00 bits per heavy atom. The number of aromatic nitrogens is 3. The van der Waals surface area contributed by atoms with Crippen LogP contribution in [0.25, 0.3) is 0 Å². The average Bonchev–Trinajstić information content (AvgIpc) is 2.84. The maximum atomic E-state index is 12.3. The summed E-state index contributed by atoms with van der Waals surface area (Å²) in [4.78, 5) is 14.3. The van der Waals surface area contributed by atoms with E-state index >= 15 is 0 Å². The standard InChI is InChI=1S/C14H22N4O/c1-4-6-11(2)14(19)18-8-5-7-12(9-18)13-16-15-10-17(13)3/h6,10,12H,4-5,7-9H2,1-3H3/b11-6+/t12-/m1/s1. The number of rotatable bonds is 3. The third kappa shape index (κ3) is 3.03. The Morgan fingerprint density at radius 2 is 2.37 bits per heavy atom. The molecular weight excluding hydrogens is 240 g/mol. The number of hydrogen-bond acceptors (Lipinski definition) is 3. The second-order valence-electron chi connectivity index (χ2n) is 5.19. The van der Waals surface area contributed by atoms with Gasteiger partial charge in [-0.15, -0.1) is 10.2 Å². The number of likely N-dealkylation sites (tertiary alicyclic amines) is 1. The molecule has 0 spiro atoms. The van der Waals surface area contributed by atoms with Gasteiger partial charge in [-0.2, -0.15) is 0 Å². The lowest BCUT2D eigenvalue weighted by atomic mass is 9.96. The smallest absolute Gasteiger partial charge is 0.249 e. The molecule has 1 aliphatic rings. The summed E-state index contributed by atoms with van der Waals surface area (Å²) in [6.45, 7) is 5.55. The molecule has 5 nitrogen and oxygen atoms in total. The van der Waals surface area contributed by atoms with Gasteiger partial charge in [0.2, 0.25) is 5.91 Å². The van der Waals surface area contributed by atoms with E-state index < -0.39 is 0 Å². The lowest BCUT2D eigenvalue weighted by Gasteiger charge is -2.32. The SMILES string of the molecule is CC/C=C(\C)C(=O)N1CCC[C@@H](c2nncn2C)C1. The third-order valence-corrected chi connectivity index (χ3v) is 3.67. The first-order chi connectivity index (χ1) is 9.13. The molecule has 0 bridgehead atoms. The van der Waals surface area contributed by atoms with Crippen molar-refractivity contribution in [1.29, 1.82) is 0 Å². The van der Waals surface area contributed by atoms with E-state index in [2.05, 4.69) is 17.1 Å². The van der Waals surface area contributed by atoms with Gasteiger partial charge >= 0.3 is 0 Å². The van der Waals surface area contributed by atoms with Crippen LogP contribution in [0.2, 0.25) is 0 Å². The van der Waals surface area contributed by atoms with Crippen molar-refractivity contribution in [1.82, 2.24) is 19.7 Å². The van der Waals surface area contributed by atoms with Gasteiger partial charge in [0.1, 0.15) is 12.2 Å². The molecule has 0 aromatic carbocycles. The Morgan fingerprint density at radius 1 is 1.58 bits per heavy atom. The van der Waals surface area contributed by atoms with E-state index in [1.165, 1.54) is 0 Å². The summed E-state index contributed by atoms with van der Waals surface area (Å²) in [7, 11) is 1.96. The molecule has 19 heavy (non-hydrogen) atoms. The van der Waals surface area contributed by atoms with Crippen molar-refractivity contribution >= 4 is 5.91 Å². The highest BCUT2D eigenvalue weighted by Crippen LogP contribution is 2.25. The first-order valence-corrected chi connectivity index (χ1v) is 6.93. The molecule has 104 valence electrons. The van der Waals surface area contributed by atoms with Crippen LogP contribution < -0.4 is 0 Å². The monoisotopic (exact) mass is 262 g/mol. The van der Waals surface area contributed by atoms with Crippen molar-refractivity contribution in [3.63, 3.8) is 0 Å². The van der Waals surface area contributed by atoms with E-state index in [1.54, 1.807) is 6.33 Å². The van der Waals surface area contributed by atoms with Crippen molar-refractivity contribution < 1.29 is 4.79 Å². The topological polar surface area (TPSA) is 51.0 Å². The predicted molar refractivity (Wildman–Crippen MR) is 73.6 cm³/mol. The quantitative estimate of drug-likeness (QED) is 0.781. The normalized spacial score (nSPS) is 20.7. The van der Waals surface area contributed by atoms with Crippen molar-refractivity contribution in [2.24, 2.45) is 7.05 Å². The summed E-state index contributed by atoms with van der Waals surface area (Å²) in [5, 5.41) is 8.10. The molecule has 1 amide bonds. The molecule has 2 heterocycles. The highest BCUT2D eigenvalue weighted by Gasteiger charge is 2.27. The number of nitrogens with zero attached hydrogens (tertiary/aromatic N) is 4. The number of amides is 1. The van der Waals surface area contributed by atoms with E-state index in [1.807, 2.05) is 29.5 Å². The van der Waals surface area contributed by atoms with Crippen LogP contribution in [0, 0.1) is 0 Å². The zero-order chi connectivity index (χ0) is 13.8. The van der Waals surface area contributed by atoms with E-state index in [4.69, 9.17) is 0 Å². The molecule has 5 heteroatoms. The Hall–Kier alpha value is -1.65. The molecule has 0 saturated carbocycles. The maximum Gasteiger partial charge on any atom is 0.249 e. The van der Waals surface area contributed by atoms with Gasteiger partial charge in [-0.1, -0.05) is 13.0 Å². The minimum atomic E-state index is 0.161. The lowest BCUT2D eigenvalue weighted by molar-refractivity contribution is -0.128. The van der Waals surface area contributed by atoms with Crippen molar-refractivity contribution in [2.45, 2.75) is 39.0 Å². The number of aryl methyl sites for hydroxylation is 1. The van der Waals surface area contributed by atoms with Crippen molar-refractivity contribution in [3.8, 4) is 0 Å². The number of allylic oxidation sites excluding steroid dienone is 1. The fraction of sp³-hybridized carbons (Fsp3) is 0.643. The van der Waals surface area contributed by atoms with Crippen LogP contribution >= 0.6 is 0 Å². The molecule has 1 aromatic rings. The molecule has 0 radical (unpaired) electrons. The van der Waals surface area contributed by atoms with Crippen molar-refractivity contribution in [2.75, 3.05) is 13.1 Å². The Kier molecular flexibility index (Phi) is 4.35. The maximum absolute atomic E-state index is 12.3. The molecule has 0 N–H and O–H groups in total. The van der Waals surface area contributed by atoms with Gasteiger partial charge in [-0.25, -0.2) is 0 Å². The molecular formula is C14H22N4O. The number of carbonyl (C=O) groups excluding carboxylic acids is 1. The average molecular weight is 262 g/mol. The van der Waals surface area contributed by atoms with Gasteiger partial charge < -0.3 is 9.47 Å². The molecule has 0 aliphatic carbocycles. The number of carbonyl (C=O) groups is 1. The van der Waals surface area contributed by atoms with Gasteiger partial charge in [-0.05, 0) is 26.2 Å². The largest absolute Gasteiger partial charge is 0.338 e. The molecule has 1 atom stereocenters. The summed E-state index contributed by atoms with van der Waals surface area (Å²) in [6, 6.07) is 0. The third-order valence-electron chi connectivity index (χ3n) is 3.67. The van der Waals surface area contributed by atoms with E-state index in [-0.39, 0.29) is 5.91 Å². The van der Waals surface area contributed by atoms with E-state index in [0.717, 1.165) is 43.7 Å². The number of hydrogen-bond donors (Lipinski definition) is 0. The summed E-state index contributed by atoms with van der Waals surface area (Å²) in [6.07, 6.45) is 6.72. The molecule has 1 fully saturated rings. The zero-order valence-electron chi connectivity index (χ0n) is 12.0. The summed E-state index contributed by atoms with van der Waals surface area (Å²) in [5.41, 5.74) is 0.848. The summed E-state index contributed by atoms with van der Waals surface area (Å²) < 4.78 is 1.95. The first-order valence-electron chi connectivity index (χ1n) is 6.93. The second kappa shape index (κ2) is 5.99. The van der Waals surface area contributed by atoms with Crippen molar-refractivity contribution in [3.05, 3.63) is 23.8 Å². The van der Waals surface area contributed by atoms with Gasteiger partial charge in [0.05, 0.1) is 0 Å². The number of piperidine rings is 1. The van der Waals surface area contributed by atoms with Crippen LogP contribution in [-0.2, 0) is 11.8 Å². The molecule has 2 rings (SSSR count). The van der Waals surface area contributed by atoms with Crippen LogP contribution in [-0.4, -0.2) is 38.7 Å². The lowest BCUT2D eigenvalue weighted by Crippen LogP contribution is -2.40. The molecule has 1 aromatic heterocycles.